The van der Waals surface area contributed by atoms with Crippen molar-refractivity contribution in [1.29, 1.82) is 0 Å². The second-order valence-corrected chi connectivity index (χ2v) is 8.93. The zero-order valence-electron chi connectivity index (χ0n) is 14.2. The molecule has 4 atom stereocenters. The summed E-state index contributed by atoms with van der Waals surface area (Å²) in [6, 6.07) is 3.09. The molecule has 2 bridgehead atoms. The quantitative estimate of drug-likeness (QED) is 0.172. The number of aliphatic carboxylic acids is 1. The zero-order valence-corrected chi connectivity index (χ0v) is 18.6. The predicted molar refractivity (Wildman–Crippen MR) is 111 cm³/mol. The number of ether oxygens (including phenoxy) is 2. The highest BCUT2D eigenvalue weighted by Crippen LogP contribution is 2.45. The number of benzene rings is 1. The molecule has 0 spiro atoms. The highest BCUT2D eigenvalue weighted by molar-refractivity contribution is 14.1. The Balaban J connectivity index is 1.79. The second-order valence-electron chi connectivity index (χ2n) is 6.60. The van der Waals surface area contributed by atoms with E-state index in [4.69, 9.17) is 9.47 Å². The summed E-state index contributed by atoms with van der Waals surface area (Å²) in [6.45, 7) is 5.09. The standard InChI is InChI=1S/C19H16I2O6/c1-8(2)18(24)27-16-12(20)6-11(7-13(16)21)19(25)26-15-10-4-3-9(5-10)14(15)17(22)23/h3-4,6-7,9-10,14-15H,1,5H2,2H3,(H,22,23)/p-1. The fourth-order valence-corrected chi connectivity index (χ4v) is 5.38. The third-order valence-corrected chi connectivity index (χ3v) is 6.28. The van der Waals surface area contributed by atoms with Crippen LogP contribution in [0.5, 0.6) is 5.75 Å². The summed E-state index contributed by atoms with van der Waals surface area (Å²) in [6.07, 6.45) is 3.68. The van der Waals surface area contributed by atoms with Crippen LogP contribution in [0.25, 0.3) is 0 Å². The predicted octanol–water partition coefficient (Wildman–Crippen LogP) is 2.47. The van der Waals surface area contributed by atoms with E-state index in [9.17, 15) is 19.5 Å². The summed E-state index contributed by atoms with van der Waals surface area (Å²) in [7, 11) is 0. The molecule has 142 valence electrons. The molecule has 0 radical (unpaired) electrons. The second kappa shape index (κ2) is 7.90. The molecule has 0 N–H and O–H groups in total. The van der Waals surface area contributed by atoms with Gasteiger partial charge in [-0.1, -0.05) is 18.7 Å². The van der Waals surface area contributed by atoms with Crippen molar-refractivity contribution in [1.82, 2.24) is 0 Å². The third kappa shape index (κ3) is 4.05. The van der Waals surface area contributed by atoms with Crippen LogP contribution in [0.4, 0.5) is 0 Å². The lowest BCUT2D eigenvalue weighted by Gasteiger charge is -2.28. The van der Waals surface area contributed by atoms with Crippen LogP contribution in [-0.2, 0) is 14.3 Å². The lowest BCUT2D eigenvalue weighted by molar-refractivity contribution is -0.314. The first-order valence-corrected chi connectivity index (χ1v) is 10.3. The SMILES string of the molecule is C=C(C)C(=O)Oc1c(I)cc(C(=O)OC2C3C=CC(C3)C2C(=O)[O-])cc1I. The number of allylic oxidation sites excluding steroid dienone is 1. The van der Waals surface area contributed by atoms with Crippen molar-refractivity contribution in [3.63, 3.8) is 0 Å². The smallest absolute Gasteiger partial charge is 0.338 e. The van der Waals surface area contributed by atoms with Crippen LogP contribution in [0.1, 0.15) is 23.7 Å². The van der Waals surface area contributed by atoms with E-state index >= 15 is 0 Å². The van der Waals surface area contributed by atoms with E-state index in [0.717, 1.165) is 0 Å². The monoisotopic (exact) mass is 593 g/mol. The number of carboxylic acids is 1. The lowest BCUT2D eigenvalue weighted by Crippen LogP contribution is -2.43. The molecule has 1 fully saturated rings. The van der Waals surface area contributed by atoms with Crippen LogP contribution in [0.2, 0.25) is 0 Å². The van der Waals surface area contributed by atoms with Gasteiger partial charge in [0.1, 0.15) is 6.10 Å². The molecule has 0 aliphatic heterocycles. The summed E-state index contributed by atoms with van der Waals surface area (Å²) in [5.74, 6) is -3.09. The van der Waals surface area contributed by atoms with Gasteiger partial charge in [-0.2, -0.15) is 0 Å². The van der Waals surface area contributed by atoms with Crippen molar-refractivity contribution in [2.45, 2.75) is 19.4 Å². The maximum atomic E-state index is 12.6. The molecule has 1 aromatic carbocycles. The molecule has 0 saturated heterocycles. The third-order valence-electron chi connectivity index (χ3n) is 4.68. The molecular weight excluding hydrogens is 578 g/mol. The van der Waals surface area contributed by atoms with Crippen LogP contribution in [0.3, 0.4) is 0 Å². The molecular formula is C19H15I2O6-. The summed E-state index contributed by atoms with van der Waals surface area (Å²) >= 11 is 3.93. The maximum Gasteiger partial charge on any atom is 0.338 e. The van der Waals surface area contributed by atoms with E-state index in [2.05, 4.69) is 6.58 Å². The Labute approximate surface area is 183 Å². The van der Waals surface area contributed by atoms with E-state index in [0.29, 0.717) is 19.3 Å². The van der Waals surface area contributed by atoms with Crippen molar-refractivity contribution < 1.29 is 29.0 Å². The minimum Gasteiger partial charge on any atom is -0.550 e. The van der Waals surface area contributed by atoms with Crippen LogP contribution >= 0.6 is 45.2 Å². The Bertz CT molecular complexity index is 852. The summed E-state index contributed by atoms with van der Waals surface area (Å²) < 4.78 is 11.9. The number of hydrogen-bond acceptors (Lipinski definition) is 6. The minimum atomic E-state index is -1.20. The zero-order chi connectivity index (χ0) is 19.9. The highest BCUT2D eigenvalue weighted by Gasteiger charge is 2.47. The van der Waals surface area contributed by atoms with E-state index < -0.39 is 29.9 Å². The van der Waals surface area contributed by atoms with Crippen molar-refractivity contribution in [2.24, 2.45) is 17.8 Å². The topological polar surface area (TPSA) is 92.7 Å². The number of hydrogen-bond donors (Lipinski definition) is 0. The van der Waals surface area contributed by atoms with Gasteiger partial charge in [-0.05, 0) is 76.6 Å². The number of carbonyl (C=O) groups is 3. The number of esters is 2. The van der Waals surface area contributed by atoms with Gasteiger partial charge < -0.3 is 19.4 Å². The van der Waals surface area contributed by atoms with Gasteiger partial charge in [0.2, 0.25) is 0 Å². The fourth-order valence-electron chi connectivity index (χ4n) is 3.39. The molecule has 3 rings (SSSR count). The molecule has 1 saturated carbocycles. The van der Waals surface area contributed by atoms with Gasteiger partial charge in [0.05, 0.1) is 12.7 Å². The van der Waals surface area contributed by atoms with Gasteiger partial charge in [-0.3, -0.25) is 0 Å². The molecule has 4 unspecified atom stereocenters. The number of rotatable bonds is 5. The van der Waals surface area contributed by atoms with Gasteiger partial charge in [-0.15, -0.1) is 0 Å². The van der Waals surface area contributed by atoms with Crippen molar-refractivity contribution in [3.05, 3.63) is 49.1 Å². The van der Waals surface area contributed by atoms with E-state index in [1.807, 2.05) is 57.3 Å². The van der Waals surface area contributed by atoms with Gasteiger partial charge in [0, 0.05) is 23.4 Å². The van der Waals surface area contributed by atoms with E-state index in [1.165, 1.54) is 0 Å². The normalized spacial score (nSPS) is 25.3. The first-order chi connectivity index (χ1) is 12.7. The molecule has 6 nitrogen and oxygen atoms in total. The van der Waals surface area contributed by atoms with Crippen LogP contribution in [0, 0.1) is 24.9 Å². The average Bonchev–Trinajstić information content (AvgIpc) is 3.18. The van der Waals surface area contributed by atoms with E-state index in [-0.39, 0.29) is 23.0 Å². The van der Waals surface area contributed by atoms with Crippen LogP contribution in [0.15, 0.2) is 36.4 Å². The van der Waals surface area contributed by atoms with Gasteiger partial charge in [0.25, 0.3) is 0 Å². The highest BCUT2D eigenvalue weighted by atomic mass is 127. The molecule has 2 aliphatic carbocycles. The first kappa shape index (κ1) is 20.3. The molecule has 0 aromatic heterocycles. The van der Waals surface area contributed by atoms with Crippen molar-refractivity contribution in [3.8, 4) is 5.75 Å². The summed E-state index contributed by atoms with van der Waals surface area (Å²) in [5.41, 5.74) is 0.533. The fraction of sp³-hybridized carbons (Fsp3) is 0.316. The first-order valence-electron chi connectivity index (χ1n) is 8.16. The summed E-state index contributed by atoms with van der Waals surface area (Å²) in [4.78, 5) is 35.8. The Hall–Kier alpha value is -1.43. The van der Waals surface area contributed by atoms with E-state index in [1.54, 1.807) is 19.1 Å². The van der Waals surface area contributed by atoms with Crippen LogP contribution < -0.4 is 9.84 Å². The average molecular weight is 593 g/mol. The number of fused-ring (bicyclic) bond motifs is 2. The van der Waals surface area contributed by atoms with Gasteiger partial charge in [-0.25, -0.2) is 9.59 Å². The molecule has 8 heteroatoms. The Kier molecular flexibility index (Phi) is 5.94. The minimum absolute atomic E-state index is 0.101. The Morgan fingerprint density at radius 1 is 1.15 bits per heavy atom. The number of carbonyl (C=O) groups excluding carboxylic acids is 3. The Morgan fingerprint density at radius 3 is 2.30 bits per heavy atom. The largest absolute Gasteiger partial charge is 0.550 e. The van der Waals surface area contributed by atoms with Crippen LogP contribution in [-0.4, -0.2) is 24.0 Å². The molecule has 27 heavy (non-hydrogen) atoms. The van der Waals surface area contributed by atoms with Crippen molar-refractivity contribution in [2.75, 3.05) is 0 Å². The van der Waals surface area contributed by atoms with Gasteiger partial charge >= 0.3 is 11.9 Å². The molecule has 1 aromatic rings. The summed E-state index contributed by atoms with van der Waals surface area (Å²) in [5, 5.41) is 11.4. The molecule has 0 heterocycles. The molecule has 0 amide bonds. The number of carboxylic acid groups (broad SMARTS) is 1. The maximum absolute atomic E-state index is 12.6. The number of halogens is 2. The molecule has 2 aliphatic rings. The Morgan fingerprint density at radius 2 is 1.74 bits per heavy atom. The van der Waals surface area contributed by atoms with Gasteiger partial charge in [0.15, 0.2) is 5.75 Å². The lowest BCUT2D eigenvalue weighted by atomic mass is 9.91. The van der Waals surface area contributed by atoms with Crippen molar-refractivity contribution >= 4 is 63.1 Å².